The number of benzene rings is 3. The van der Waals surface area contributed by atoms with Gasteiger partial charge in [0.25, 0.3) is 0 Å². The predicted molar refractivity (Wildman–Crippen MR) is 103 cm³/mol. The maximum atomic E-state index is 12.8. The summed E-state index contributed by atoms with van der Waals surface area (Å²) in [7, 11) is 0. The molecule has 0 radical (unpaired) electrons. The van der Waals surface area contributed by atoms with Gasteiger partial charge in [0.05, 0.1) is 0 Å². The molecule has 0 unspecified atom stereocenters. The standard InChI is InChI=1S/C21H18FNO2S/c22-16-6-12-20(13-7-16)26-15-14-21(24)23-17-8-10-19(11-9-17)25-18-4-2-1-3-5-18/h1-13H,14-15H2,(H,23,24). The molecule has 0 aliphatic heterocycles. The highest BCUT2D eigenvalue weighted by Gasteiger charge is 2.04. The molecule has 3 aromatic rings. The summed E-state index contributed by atoms with van der Waals surface area (Å²) >= 11 is 1.52. The van der Waals surface area contributed by atoms with Crippen LogP contribution in [-0.2, 0) is 4.79 Å². The van der Waals surface area contributed by atoms with E-state index in [9.17, 15) is 9.18 Å². The molecule has 132 valence electrons. The van der Waals surface area contributed by atoms with E-state index in [0.717, 1.165) is 16.3 Å². The molecule has 0 aromatic heterocycles. The van der Waals surface area contributed by atoms with E-state index in [0.29, 0.717) is 17.9 Å². The number of nitrogens with one attached hydrogen (secondary N) is 1. The van der Waals surface area contributed by atoms with Crippen molar-refractivity contribution in [3.63, 3.8) is 0 Å². The number of hydrogen-bond acceptors (Lipinski definition) is 3. The number of carbonyl (C=O) groups excluding carboxylic acids is 1. The third kappa shape index (κ3) is 5.63. The van der Waals surface area contributed by atoms with E-state index in [-0.39, 0.29) is 11.7 Å². The molecule has 5 heteroatoms. The zero-order valence-corrected chi connectivity index (χ0v) is 14.8. The third-order valence-electron chi connectivity index (χ3n) is 3.53. The highest BCUT2D eigenvalue weighted by atomic mass is 32.2. The number of ether oxygens (including phenoxy) is 1. The van der Waals surface area contributed by atoms with Crippen LogP contribution < -0.4 is 10.1 Å². The molecule has 3 rings (SSSR count). The fraction of sp³-hybridized carbons (Fsp3) is 0.0952. The van der Waals surface area contributed by atoms with E-state index in [1.54, 1.807) is 12.1 Å². The van der Waals surface area contributed by atoms with E-state index in [1.807, 2.05) is 54.6 Å². The Kier molecular flexibility index (Phi) is 6.28. The minimum Gasteiger partial charge on any atom is -0.457 e. The molecule has 3 aromatic carbocycles. The summed E-state index contributed by atoms with van der Waals surface area (Å²) in [5.41, 5.74) is 0.724. The van der Waals surface area contributed by atoms with Crippen LogP contribution >= 0.6 is 11.8 Å². The van der Waals surface area contributed by atoms with Crippen molar-refractivity contribution in [2.75, 3.05) is 11.1 Å². The molecule has 3 nitrogen and oxygen atoms in total. The topological polar surface area (TPSA) is 38.3 Å². The minimum absolute atomic E-state index is 0.0589. The van der Waals surface area contributed by atoms with Crippen molar-refractivity contribution in [3.05, 3.63) is 84.7 Å². The molecule has 0 aliphatic rings. The van der Waals surface area contributed by atoms with Gasteiger partial charge < -0.3 is 10.1 Å². The van der Waals surface area contributed by atoms with Crippen molar-refractivity contribution in [3.8, 4) is 11.5 Å². The number of rotatable bonds is 7. The first-order valence-electron chi connectivity index (χ1n) is 8.20. The van der Waals surface area contributed by atoms with Crippen LogP contribution in [0, 0.1) is 5.82 Å². The Labute approximate surface area is 156 Å². The normalized spacial score (nSPS) is 10.3. The second-order valence-corrected chi connectivity index (χ2v) is 6.71. The van der Waals surface area contributed by atoms with Crippen LogP contribution in [0.25, 0.3) is 0 Å². The van der Waals surface area contributed by atoms with Gasteiger partial charge in [0.15, 0.2) is 0 Å². The van der Waals surface area contributed by atoms with Gasteiger partial charge in [0.1, 0.15) is 17.3 Å². The van der Waals surface area contributed by atoms with Crippen molar-refractivity contribution < 1.29 is 13.9 Å². The molecule has 0 atom stereocenters. The summed E-state index contributed by atoms with van der Waals surface area (Å²) in [4.78, 5) is 13.0. The van der Waals surface area contributed by atoms with Crippen LogP contribution in [0.5, 0.6) is 11.5 Å². The van der Waals surface area contributed by atoms with Gasteiger partial charge in [0, 0.05) is 22.8 Å². The Balaban J connectivity index is 1.44. The number of para-hydroxylation sites is 1. The molecular formula is C21H18FNO2S. The number of thioether (sulfide) groups is 1. The number of halogens is 1. The van der Waals surface area contributed by atoms with Crippen molar-refractivity contribution in [2.24, 2.45) is 0 Å². The molecule has 0 heterocycles. The first kappa shape index (κ1) is 18.0. The lowest BCUT2D eigenvalue weighted by Gasteiger charge is -2.08. The molecule has 0 aliphatic carbocycles. The Morgan fingerprint density at radius 2 is 1.54 bits per heavy atom. The first-order valence-corrected chi connectivity index (χ1v) is 9.19. The lowest BCUT2D eigenvalue weighted by molar-refractivity contribution is -0.115. The van der Waals surface area contributed by atoms with Gasteiger partial charge in [-0.15, -0.1) is 11.8 Å². The molecule has 0 saturated carbocycles. The van der Waals surface area contributed by atoms with Crippen molar-refractivity contribution >= 4 is 23.4 Å². The van der Waals surface area contributed by atoms with Gasteiger partial charge in [-0.25, -0.2) is 4.39 Å². The Morgan fingerprint density at radius 1 is 0.885 bits per heavy atom. The maximum absolute atomic E-state index is 12.8. The smallest absolute Gasteiger partial charge is 0.225 e. The fourth-order valence-corrected chi connectivity index (χ4v) is 3.10. The molecule has 1 N–H and O–H groups in total. The molecule has 0 spiro atoms. The van der Waals surface area contributed by atoms with Gasteiger partial charge >= 0.3 is 0 Å². The molecule has 26 heavy (non-hydrogen) atoms. The second kappa shape index (κ2) is 9.06. The third-order valence-corrected chi connectivity index (χ3v) is 4.54. The summed E-state index contributed by atoms with van der Waals surface area (Å²) in [6.07, 6.45) is 0.379. The summed E-state index contributed by atoms with van der Waals surface area (Å²) < 4.78 is 18.6. The van der Waals surface area contributed by atoms with E-state index >= 15 is 0 Å². The predicted octanol–water partition coefficient (Wildman–Crippen LogP) is 5.74. The average Bonchev–Trinajstić information content (AvgIpc) is 2.66. The SMILES string of the molecule is O=C(CCSc1ccc(F)cc1)Nc1ccc(Oc2ccccc2)cc1. The summed E-state index contributed by atoms with van der Waals surface area (Å²) in [5, 5.41) is 2.86. The Morgan fingerprint density at radius 3 is 2.23 bits per heavy atom. The maximum Gasteiger partial charge on any atom is 0.225 e. The number of carbonyl (C=O) groups is 1. The average molecular weight is 367 g/mol. The van der Waals surface area contributed by atoms with Crippen LogP contribution in [-0.4, -0.2) is 11.7 Å². The Bertz CT molecular complexity index is 836. The van der Waals surface area contributed by atoms with Gasteiger partial charge in [-0.2, -0.15) is 0 Å². The van der Waals surface area contributed by atoms with E-state index in [2.05, 4.69) is 5.32 Å². The van der Waals surface area contributed by atoms with Crippen molar-refractivity contribution in [1.29, 1.82) is 0 Å². The molecule has 0 saturated heterocycles. The summed E-state index contributed by atoms with van der Waals surface area (Å²) in [6, 6.07) is 23.0. The van der Waals surface area contributed by atoms with Crippen LogP contribution in [0.2, 0.25) is 0 Å². The minimum atomic E-state index is -0.258. The second-order valence-electron chi connectivity index (χ2n) is 5.54. The number of anilines is 1. The quantitative estimate of drug-likeness (QED) is 0.541. The van der Waals surface area contributed by atoms with Crippen LogP contribution in [0.15, 0.2) is 83.8 Å². The summed E-state index contributed by atoms with van der Waals surface area (Å²) in [5.74, 6) is 1.79. The van der Waals surface area contributed by atoms with E-state index in [4.69, 9.17) is 4.74 Å². The molecule has 0 fully saturated rings. The largest absolute Gasteiger partial charge is 0.457 e. The van der Waals surface area contributed by atoms with Gasteiger partial charge in [-0.05, 0) is 60.7 Å². The van der Waals surface area contributed by atoms with E-state index in [1.165, 1.54) is 23.9 Å². The zero-order valence-electron chi connectivity index (χ0n) is 14.0. The van der Waals surface area contributed by atoms with Gasteiger partial charge in [-0.1, -0.05) is 18.2 Å². The summed E-state index contributed by atoms with van der Waals surface area (Å²) in [6.45, 7) is 0. The van der Waals surface area contributed by atoms with Crippen LogP contribution in [0.1, 0.15) is 6.42 Å². The molecule has 0 bridgehead atoms. The zero-order chi connectivity index (χ0) is 18.2. The van der Waals surface area contributed by atoms with Crippen LogP contribution in [0.3, 0.4) is 0 Å². The van der Waals surface area contributed by atoms with E-state index < -0.39 is 0 Å². The van der Waals surface area contributed by atoms with Gasteiger partial charge in [0.2, 0.25) is 5.91 Å². The lowest BCUT2D eigenvalue weighted by atomic mass is 10.3. The van der Waals surface area contributed by atoms with Crippen LogP contribution in [0.4, 0.5) is 10.1 Å². The van der Waals surface area contributed by atoms with Crippen molar-refractivity contribution in [2.45, 2.75) is 11.3 Å². The highest BCUT2D eigenvalue weighted by molar-refractivity contribution is 7.99. The number of hydrogen-bond donors (Lipinski definition) is 1. The highest BCUT2D eigenvalue weighted by Crippen LogP contribution is 2.23. The van der Waals surface area contributed by atoms with Crippen molar-refractivity contribution in [1.82, 2.24) is 0 Å². The molecule has 1 amide bonds. The van der Waals surface area contributed by atoms with Gasteiger partial charge in [-0.3, -0.25) is 4.79 Å². The first-order chi connectivity index (χ1) is 12.7. The molecular weight excluding hydrogens is 349 g/mol. The monoisotopic (exact) mass is 367 g/mol. The Hall–Kier alpha value is -2.79. The lowest BCUT2D eigenvalue weighted by Crippen LogP contribution is -2.12. The number of amides is 1. The fourth-order valence-electron chi connectivity index (χ4n) is 2.25.